The van der Waals surface area contributed by atoms with Crippen molar-refractivity contribution in [3.8, 4) is 28.3 Å². The number of aromatic hydroxyl groups is 1. The van der Waals surface area contributed by atoms with Crippen molar-refractivity contribution in [1.29, 1.82) is 0 Å². The monoisotopic (exact) mass is 720 g/mol. The lowest BCUT2D eigenvalue weighted by molar-refractivity contribution is 0.444. The number of benzene rings is 5. The summed E-state index contributed by atoms with van der Waals surface area (Å²) >= 11 is 0. The van der Waals surface area contributed by atoms with Gasteiger partial charge in [-0.3, -0.25) is 4.99 Å². The van der Waals surface area contributed by atoms with Gasteiger partial charge in [0.05, 0.1) is 11.3 Å². The summed E-state index contributed by atoms with van der Waals surface area (Å²) < 4.78 is 6.81. The molecular weight excluding hydrogens is 661 g/mol. The van der Waals surface area contributed by atoms with E-state index in [4.69, 9.17) is 14.4 Å². The maximum Gasteiger partial charge on any atom is 0.229 e. The molecule has 6 rings (SSSR count). The molecule has 0 aliphatic heterocycles. The summed E-state index contributed by atoms with van der Waals surface area (Å²) in [5.74, 6) is 0.774. The van der Waals surface area contributed by atoms with Crippen LogP contribution in [0.1, 0.15) is 137 Å². The first-order valence-corrected chi connectivity index (χ1v) is 19.4. The highest BCUT2D eigenvalue weighted by molar-refractivity contribution is 6.03. The van der Waals surface area contributed by atoms with Crippen LogP contribution in [0.4, 0.5) is 5.69 Å². The van der Waals surface area contributed by atoms with E-state index >= 15 is 0 Å². The molecule has 1 heterocycles. The Hall–Kier alpha value is -4.70. The fourth-order valence-electron chi connectivity index (χ4n) is 6.91. The molecule has 4 heteroatoms. The molecule has 0 aliphatic rings. The van der Waals surface area contributed by atoms with Gasteiger partial charge in [0, 0.05) is 28.3 Å². The lowest BCUT2D eigenvalue weighted by atomic mass is 9.78. The molecule has 0 aliphatic carbocycles. The molecule has 54 heavy (non-hydrogen) atoms. The number of phenols is 1. The van der Waals surface area contributed by atoms with Crippen molar-refractivity contribution in [2.24, 2.45) is 4.99 Å². The fourth-order valence-corrected chi connectivity index (χ4v) is 6.91. The number of rotatable bonds is 4. The summed E-state index contributed by atoms with van der Waals surface area (Å²) in [6.45, 7) is 33.4. The van der Waals surface area contributed by atoms with Crippen molar-refractivity contribution in [2.75, 3.05) is 0 Å². The normalized spacial score (nSPS) is 13.5. The van der Waals surface area contributed by atoms with Gasteiger partial charge < -0.3 is 9.52 Å². The molecule has 0 saturated heterocycles. The van der Waals surface area contributed by atoms with Crippen LogP contribution in [-0.4, -0.2) is 16.3 Å². The van der Waals surface area contributed by atoms with Crippen LogP contribution in [-0.2, 0) is 27.1 Å². The van der Waals surface area contributed by atoms with Gasteiger partial charge >= 0.3 is 0 Å². The first kappa shape index (κ1) is 39.0. The van der Waals surface area contributed by atoms with Crippen molar-refractivity contribution in [3.63, 3.8) is 0 Å². The minimum Gasteiger partial charge on any atom is -0.507 e. The van der Waals surface area contributed by atoms with Gasteiger partial charge in [0.1, 0.15) is 11.3 Å². The van der Waals surface area contributed by atoms with E-state index in [2.05, 4.69) is 171 Å². The van der Waals surface area contributed by atoms with E-state index in [1.54, 1.807) is 0 Å². The molecule has 0 atom stereocenters. The minimum atomic E-state index is -0.250. The van der Waals surface area contributed by atoms with Crippen LogP contribution in [0.2, 0.25) is 0 Å². The van der Waals surface area contributed by atoms with Gasteiger partial charge in [0.25, 0.3) is 0 Å². The van der Waals surface area contributed by atoms with Crippen molar-refractivity contribution in [1.82, 2.24) is 4.98 Å². The predicted octanol–water partition coefficient (Wildman–Crippen LogP) is 14.3. The third-order valence-electron chi connectivity index (χ3n) is 10.6. The lowest BCUT2D eigenvalue weighted by Crippen LogP contribution is -2.17. The standard InChI is InChI=1S/C50H60N2O2/c1-46(2,3)33-22-31(23-34(25-33)47(4,5)6)39-26-36(49(10,11)12)28-41-43(39)52-45(54-41)38-21-20-30-18-16-17-19-37(30)42(38)51-29-32-24-35(48(7,8)9)27-40(44(32)53)50(13,14)15/h16-29,53H,1-15H3. The van der Waals surface area contributed by atoms with E-state index in [-0.39, 0.29) is 32.8 Å². The molecule has 4 nitrogen and oxygen atoms in total. The summed E-state index contributed by atoms with van der Waals surface area (Å²) in [4.78, 5) is 10.5. The molecule has 0 bridgehead atoms. The molecule has 0 amide bonds. The zero-order valence-corrected chi connectivity index (χ0v) is 35.3. The Balaban J connectivity index is 1.62. The Morgan fingerprint density at radius 3 is 1.70 bits per heavy atom. The van der Waals surface area contributed by atoms with E-state index in [0.29, 0.717) is 11.5 Å². The average Bonchev–Trinajstić information content (AvgIpc) is 3.49. The van der Waals surface area contributed by atoms with Crippen molar-refractivity contribution in [2.45, 2.75) is 131 Å². The molecule has 0 spiro atoms. The summed E-state index contributed by atoms with van der Waals surface area (Å²) in [5.41, 5.74) is 11.3. The summed E-state index contributed by atoms with van der Waals surface area (Å²) in [5, 5.41) is 13.7. The van der Waals surface area contributed by atoms with Crippen LogP contribution in [0, 0.1) is 0 Å². The quantitative estimate of drug-likeness (QED) is 0.184. The molecular formula is C50H60N2O2. The molecule has 1 N–H and O–H groups in total. The maximum atomic E-state index is 11.6. The smallest absolute Gasteiger partial charge is 0.229 e. The van der Waals surface area contributed by atoms with Gasteiger partial charge in [-0.15, -0.1) is 0 Å². The second kappa shape index (κ2) is 13.3. The number of oxazole rings is 1. The van der Waals surface area contributed by atoms with Crippen LogP contribution in [0.3, 0.4) is 0 Å². The molecule has 0 unspecified atom stereocenters. The van der Waals surface area contributed by atoms with E-state index < -0.39 is 0 Å². The van der Waals surface area contributed by atoms with Crippen molar-refractivity contribution in [3.05, 3.63) is 112 Å². The molecule has 0 radical (unpaired) electrons. The molecule has 0 fully saturated rings. The van der Waals surface area contributed by atoms with E-state index in [1.807, 2.05) is 18.3 Å². The Kier molecular flexibility index (Phi) is 9.57. The van der Waals surface area contributed by atoms with Crippen LogP contribution < -0.4 is 0 Å². The number of fused-ring (bicyclic) bond motifs is 2. The molecule has 5 aromatic carbocycles. The van der Waals surface area contributed by atoms with Crippen LogP contribution >= 0.6 is 0 Å². The number of hydrogen-bond donors (Lipinski definition) is 1. The van der Waals surface area contributed by atoms with Gasteiger partial charge in [-0.05, 0) is 84.5 Å². The van der Waals surface area contributed by atoms with Crippen molar-refractivity contribution >= 4 is 33.8 Å². The van der Waals surface area contributed by atoms with E-state index in [9.17, 15) is 5.11 Å². The van der Waals surface area contributed by atoms with Crippen LogP contribution in [0.15, 0.2) is 88.3 Å². The molecule has 6 aromatic rings. The minimum absolute atomic E-state index is 0.0295. The van der Waals surface area contributed by atoms with Gasteiger partial charge in [-0.25, -0.2) is 4.98 Å². The summed E-state index contributed by atoms with van der Waals surface area (Å²) in [7, 11) is 0. The van der Waals surface area contributed by atoms with Gasteiger partial charge in [0.15, 0.2) is 5.58 Å². The molecule has 0 saturated carbocycles. The Morgan fingerprint density at radius 1 is 0.574 bits per heavy atom. The molecule has 1 aromatic heterocycles. The topological polar surface area (TPSA) is 58.6 Å². The third-order valence-corrected chi connectivity index (χ3v) is 10.6. The average molecular weight is 721 g/mol. The number of hydrogen-bond acceptors (Lipinski definition) is 4. The number of nitrogens with zero attached hydrogens (tertiary/aromatic N) is 2. The van der Waals surface area contributed by atoms with Gasteiger partial charge in [-0.1, -0.05) is 158 Å². The second-order valence-electron chi connectivity index (χ2n) is 20.3. The van der Waals surface area contributed by atoms with E-state index in [1.165, 1.54) is 16.7 Å². The van der Waals surface area contributed by atoms with Gasteiger partial charge in [0.2, 0.25) is 5.89 Å². The molecule has 282 valence electrons. The summed E-state index contributed by atoms with van der Waals surface area (Å²) in [6.07, 6.45) is 1.81. The number of aliphatic imine (C=N–C) groups is 1. The first-order valence-electron chi connectivity index (χ1n) is 19.4. The van der Waals surface area contributed by atoms with Gasteiger partial charge in [-0.2, -0.15) is 0 Å². The van der Waals surface area contributed by atoms with Crippen LogP contribution in [0.25, 0.3) is 44.5 Å². The van der Waals surface area contributed by atoms with Crippen LogP contribution in [0.5, 0.6) is 5.75 Å². The highest BCUT2D eigenvalue weighted by Crippen LogP contribution is 2.43. The first-order chi connectivity index (χ1) is 24.8. The zero-order chi connectivity index (χ0) is 39.8. The Labute approximate surface area is 323 Å². The summed E-state index contributed by atoms with van der Waals surface area (Å²) in [6, 6.07) is 28.1. The fraction of sp³-hybridized carbons (Fsp3) is 0.400. The Bertz CT molecular complexity index is 2370. The zero-order valence-electron chi connectivity index (χ0n) is 35.3. The lowest BCUT2D eigenvalue weighted by Gasteiger charge is -2.27. The number of aromatic nitrogens is 1. The second-order valence-corrected chi connectivity index (χ2v) is 20.3. The Morgan fingerprint density at radius 2 is 1.13 bits per heavy atom. The highest BCUT2D eigenvalue weighted by atomic mass is 16.3. The third kappa shape index (κ3) is 7.76. The predicted molar refractivity (Wildman–Crippen MR) is 231 cm³/mol. The largest absolute Gasteiger partial charge is 0.507 e. The SMILES string of the molecule is CC(C)(C)c1cc(-c2cc(C(C)(C)C)cc3oc(-c4ccc5ccccc5c4N=Cc4cc(C(C)(C)C)cc(C(C)(C)C)c4O)nc23)cc(C(C)(C)C)c1. The maximum absolute atomic E-state index is 11.6. The van der Waals surface area contributed by atoms with E-state index in [0.717, 1.165) is 55.4 Å². The van der Waals surface area contributed by atoms with Crippen molar-refractivity contribution < 1.29 is 9.52 Å². The highest BCUT2D eigenvalue weighted by Gasteiger charge is 2.27. The number of phenolic OH excluding ortho intramolecular Hbond substituents is 1.